The first-order valence-electron chi connectivity index (χ1n) is 6.74. The molecule has 0 bridgehead atoms. The standard InChI is InChI=1S/C15H22N4S/c1-10-6-5-7-17-14(10)11(19-16)8-13-18-12(9-20-13)15(2,3)4/h5-7,9,11,19H,8,16H2,1-4H3. The Kier molecular flexibility index (Phi) is 4.52. The van der Waals surface area contributed by atoms with Crippen LogP contribution < -0.4 is 11.3 Å². The average Bonchev–Trinajstić information content (AvgIpc) is 2.85. The summed E-state index contributed by atoms with van der Waals surface area (Å²) in [7, 11) is 0. The number of hydrazine groups is 1. The maximum absolute atomic E-state index is 5.70. The number of hydrogen-bond acceptors (Lipinski definition) is 5. The maximum atomic E-state index is 5.70. The molecule has 0 aliphatic carbocycles. The van der Waals surface area contributed by atoms with Gasteiger partial charge in [0.05, 0.1) is 22.4 Å². The van der Waals surface area contributed by atoms with Gasteiger partial charge in [-0.2, -0.15) is 0 Å². The number of hydrogen-bond donors (Lipinski definition) is 2. The van der Waals surface area contributed by atoms with Gasteiger partial charge in [-0.05, 0) is 18.6 Å². The molecule has 0 radical (unpaired) electrons. The van der Waals surface area contributed by atoms with E-state index in [4.69, 9.17) is 10.8 Å². The van der Waals surface area contributed by atoms with Crippen molar-refractivity contribution in [1.82, 2.24) is 15.4 Å². The Hall–Kier alpha value is -1.30. The Morgan fingerprint density at radius 2 is 2.15 bits per heavy atom. The molecule has 0 aliphatic heterocycles. The van der Waals surface area contributed by atoms with Gasteiger partial charge in [0.15, 0.2) is 0 Å². The zero-order chi connectivity index (χ0) is 14.8. The van der Waals surface area contributed by atoms with E-state index in [1.54, 1.807) is 17.5 Å². The molecular weight excluding hydrogens is 268 g/mol. The minimum Gasteiger partial charge on any atom is -0.271 e. The zero-order valence-electron chi connectivity index (χ0n) is 12.5. The molecule has 3 N–H and O–H groups in total. The van der Waals surface area contributed by atoms with Gasteiger partial charge in [0.2, 0.25) is 0 Å². The van der Waals surface area contributed by atoms with Gasteiger partial charge in [-0.1, -0.05) is 26.8 Å². The molecule has 2 aromatic heterocycles. The molecule has 1 unspecified atom stereocenters. The second-order valence-electron chi connectivity index (χ2n) is 6.01. The highest BCUT2D eigenvalue weighted by atomic mass is 32.1. The van der Waals surface area contributed by atoms with Crippen molar-refractivity contribution in [2.24, 2.45) is 5.84 Å². The summed E-state index contributed by atoms with van der Waals surface area (Å²) >= 11 is 1.69. The summed E-state index contributed by atoms with van der Waals surface area (Å²) in [6.45, 7) is 8.57. The van der Waals surface area contributed by atoms with Gasteiger partial charge in [-0.25, -0.2) is 4.98 Å². The number of pyridine rings is 1. The fourth-order valence-corrected chi connectivity index (χ4v) is 3.09. The lowest BCUT2D eigenvalue weighted by Gasteiger charge is -2.16. The van der Waals surface area contributed by atoms with Crippen molar-refractivity contribution in [3.63, 3.8) is 0 Å². The molecule has 2 heterocycles. The average molecular weight is 290 g/mol. The van der Waals surface area contributed by atoms with E-state index in [1.807, 2.05) is 6.07 Å². The van der Waals surface area contributed by atoms with Gasteiger partial charge < -0.3 is 0 Å². The summed E-state index contributed by atoms with van der Waals surface area (Å²) in [5.41, 5.74) is 6.21. The van der Waals surface area contributed by atoms with E-state index in [9.17, 15) is 0 Å². The van der Waals surface area contributed by atoms with Gasteiger partial charge in [0.25, 0.3) is 0 Å². The molecule has 0 saturated heterocycles. The highest BCUT2D eigenvalue weighted by Gasteiger charge is 2.20. The molecule has 0 spiro atoms. The van der Waals surface area contributed by atoms with Crippen molar-refractivity contribution in [2.45, 2.75) is 45.6 Å². The van der Waals surface area contributed by atoms with E-state index in [0.717, 1.165) is 28.4 Å². The number of nitrogens with two attached hydrogens (primary N) is 1. The summed E-state index contributed by atoms with van der Waals surface area (Å²) in [5.74, 6) is 5.70. The van der Waals surface area contributed by atoms with Crippen LogP contribution in [0.3, 0.4) is 0 Å². The van der Waals surface area contributed by atoms with Crippen LogP contribution in [0, 0.1) is 6.92 Å². The number of rotatable bonds is 4. The summed E-state index contributed by atoms with van der Waals surface area (Å²) in [5, 5.41) is 3.22. The minimum atomic E-state index is -0.00447. The molecule has 4 nitrogen and oxygen atoms in total. The Morgan fingerprint density at radius 1 is 1.40 bits per heavy atom. The highest BCUT2D eigenvalue weighted by molar-refractivity contribution is 7.09. The molecule has 2 aromatic rings. The number of aryl methyl sites for hydroxylation is 1. The van der Waals surface area contributed by atoms with Gasteiger partial charge >= 0.3 is 0 Å². The third-order valence-corrected chi connectivity index (χ3v) is 4.15. The van der Waals surface area contributed by atoms with Crippen LogP contribution in [0.1, 0.15) is 48.8 Å². The van der Waals surface area contributed by atoms with Crippen LogP contribution in [-0.4, -0.2) is 9.97 Å². The number of nitrogens with zero attached hydrogens (tertiary/aromatic N) is 2. The zero-order valence-corrected chi connectivity index (χ0v) is 13.3. The van der Waals surface area contributed by atoms with Crippen molar-refractivity contribution in [3.05, 3.63) is 45.7 Å². The van der Waals surface area contributed by atoms with E-state index >= 15 is 0 Å². The van der Waals surface area contributed by atoms with Crippen LogP contribution in [0.15, 0.2) is 23.7 Å². The predicted octanol–water partition coefficient (Wildman–Crippen LogP) is 2.89. The van der Waals surface area contributed by atoms with Gasteiger partial charge in [-0.15, -0.1) is 11.3 Å². The van der Waals surface area contributed by atoms with E-state index in [2.05, 4.69) is 49.6 Å². The quantitative estimate of drug-likeness (QED) is 0.671. The molecule has 0 saturated carbocycles. The van der Waals surface area contributed by atoms with E-state index in [1.165, 1.54) is 0 Å². The van der Waals surface area contributed by atoms with Crippen molar-refractivity contribution in [3.8, 4) is 0 Å². The summed E-state index contributed by atoms with van der Waals surface area (Å²) in [6.07, 6.45) is 2.56. The second kappa shape index (κ2) is 5.99. The van der Waals surface area contributed by atoms with E-state index in [-0.39, 0.29) is 11.5 Å². The lowest BCUT2D eigenvalue weighted by molar-refractivity contribution is 0.528. The van der Waals surface area contributed by atoms with Crippen molar-refractivity contribution in [2.75, 3.05) is 0 Å². The van der Waals surface area contributed by atoms with Gasteiger partial charge in [0, 0.05) is 23.4 Å². The van der Waals surface area contributed by atoms with Crippen molar-refractivity contribution >= 4 is 11.3 Å². The van der Waals surface area contributed by atoms with Crippen LogP contribution in [-0.2, 0) is 11.8 Å². The fraction of sp³-hybridized carbons (Fsp3) is 0.467. The summed E-state index contributed by atoms with van der Waals surface area (Å²) in [4.78, 5) is 9.16. The highest BCUT2D eigenvalue weighted by Crippen LogP contribution is 2.26. The smallest absolute Gasteiger partial charge is 0.0948 e. The lowest BCUT2D eigenvalue weighted by Crippen LogP contribution is -2.30. The van der Waals surface area contributed by atoms with Gasteiger partial charge in [0.1, 0.15) is 0 Å². The van der Waals surface area contributed by atoms with E-state index < -0.39 is 0 Å². The normalized spacial score (nSPS) is 13.4. The Morgan fingerprint density at radius 3 is 2.70 bits per heavy atom. The van der Waals surface area contributed by atoms with Crippen molar-refractivity contribution in [1.29, 1.82) is 0 Å². The Labute approximate surface area is 124 Å². The third kappa shape index (κ3) is 3.42. The molecule has 2 rings (SSSR count). The molecular formula is C15H22N4S. The molecule has 5 heteroatoms. The molecule has 20 heavy (non-hydrogen) atoms. The Bertz CT molecular complexity index is 571. The topological polar surface area (TPSA) is 63.8 Å². The molecule has 0 aromatic carbocycles. The first kappa shape index (κ1) is 15.1. The largest absolute Gasteiger partial charge is 0.271 e. The van der Waals surface area contributed by atoms with Crippen molar-refractivity contribution < 1.29 is 0 Å². The SMILES string of the molecule is Cc1cccnc1C(Cc1nc(C(C)(C)C)cs1)NN. The third-order valence-electron chi connectivity index (χ3n) is 3.28. The molecule has 0 aliphatic rings. The first-order valence-corrected chi connectivity index (χ1v) is 7.62. The van der Waals surface area contributed by atoms with Crippen LogP contribution >= 0.6 is 11.3 Å². The predicted molar refractivity (Wildman–Crippen MR) is 83.6 cm³/mol. The summed E-state index contributed by atoms with van der Waals surface area (Å²) in [6, 6.07) is 3.98. The number of thiazole rings is 1. The van der Waals surface area contributed by atoms with E-state index in [0.29, 0.717) is 0 Å². The first-order chi connectivity index (χ1) is 9.41. The summed E-state index contributed by atoms with van der Waals surface area (Å²) < 4.78 is 0. The van der Waals surface area contributed by atoms with Crippen LogP contribution in [0.2, 0.25) is 0 Å². The minimum absolute atomic E-state index is 0.00447. The molecule has 0 fully saturated rings. The maximum Gasteiger partial charge on any atom is 0.0948 e. The Balaban J connectivity index is 2.19. The second-order valence-corrected chi connectivity index (χ2v) is 6.95. The van der Waals surface area contributed by atoms with Crippen LogP contribution in [0.5, 0.6) is 0 Å². The molecule has 0 amide bonds. The number of aromatic nitrogens is 2. The lowest BCUT2D eigenvalue weighted by atomic mass is 9.93. The van der Waals surface area contributed by atoms with Crippen LogP contribution in [0.25, 0.3) is 0 Å². The number of nitrogens with one attached hydrogen (secondary N) is 1. The van der Waals surface area contributed by atoms with Crippen LogP contribution in [0.4, 0.5) is 0 Å². The molecule has 108 valence electrons. The van der Waals surface area contributed by atoms with Gasteiger partial charge in [-0.3, -0.25) is 16.3 Å². The fourth-order valence-electron chi connectivity index (χ4n) is 2.02. The molecule has 1 atom stereocenters. The monoisotopic (exact) mass is 290 g/mol.